The van der Waals surface area contributed by atoms with Crippen LogP contribution >= 0.6 is 0 Å². The minimum absolute atomic E-state index is 0.0963. The Kier molecular flexibility index (Phi) is 2.85. The van der Waals surface area contributed by atoms with E-state index in [4.69, 9.17) is 4.74 Å². The first kappa shape index (κ1) is 10.4. The molecule has 1 atom stereocenters. The highest BCUT2D eigenvalue weighted by Crippen LogP contribution is 2.48. The normalized spacial score (nSPS) is 36.4. The van der Waals surface area contributed by atoms with Crippen molar-refractivity contribution in [2.75, 3.05) is 19.8 Å². The van der Waals surface area contributed by atoms with Gasteiger partial charge in [-0.25, -0.2) is 0 Å². The number of aliphatic hydroxyl groups excluding tert-OH is 1. The fourth-order valence-electron chi connectivity index (χ4n) is 3.28. The molecule has 0 aromatic carbocycles. The predicted octanol–water partition coefficient (Wildman–Crippen LogP) is 2.36. The van der Waals surface area contributed by atoms with Crippen LogP contribution in [-0.2, 0) is 4.74 Å². The molecule has 2 nitrogen and oxygen atoms in total. The van der Waals surface area contributed by atoms with Crippen molar-refractivity contribution < 1.29 is 9.84 Å². The molecule has 0 aromatic heterocycles. The van der Waals surface area contributed by atoms with Crippen molar-refractivity contribution in [3.8, 4) is 0 Å². The van der Waals surface area contributed by atoms with E-state index < -0.39 is 0 Å². The molecule has 2 heteroatoms. The maximum Gasteiger partial charge on any atom is 0.0545 e. The van der Waals surface area contributed by atoms with Crippen LogP contribution in [0, 0.1) is 10.8 Å². The smallest absolute Gasteiger partial charge is 0.0545 e. The minimum Gasteiger partial charge on any atom is -0.396 e. The molecule has 2 fully saturated rings. The van der Waals surface area contributed by atoms with Crippen LogP contribution in [0.3, 0.4) is 0 Å². The highest BCUT2D eigenvalue weighted by Gasteiger charge is 2.42. The topological polar surface area (TPSA) is 29.5 Å². The maximum absolute atomic E-state index is 9.51. The van der Waals surface area contributed by atoms with E-state index in [1.165, 1.54) is 25.7 Å². The summed E-state index contributed by atoms with van der Waals surface area (Å²) in [7, 11) is 0. The molecular formula is C12H22O2. The SMILES string of the molecule is CC1(CC2(CO)CCOC2)CCCC1. The van der Waals surface area contributed by atoms with Gasteiger partial charge >= 0.3 is 0 Å². The van der Waals surface area contributed by atoms with E-state index in [0.29, 0.717) is 12.0 Å². The lowest BCUT2D eigenvalue weighted by atomic mass is 9.71. The number of ether oxygens (including phenoxy) is 1. The second-order valence-corrected chi connectivity index (χ2v) is 5.66. The number of aliphatic hydroxyl groups is 1. The Morgan fingerprint density at radius 3 is 2.43 bits per heavy atom. The van der Waals surface area contributed by atoms with Crippen LogP contribution in [0.4, 0.5) is 0 Å². The summed E-state index contributed by atoms with van der Waals surface area (Å²) < 4.78 is 5.45. The van der Waals surface area contributed by atoms with E-state index in [2.05, 4.69) is 6.92 Å². The molecule has 2 rings (SSSR count). The van der Waals surface area contributed by atoms with Crippen molar-refractivity contribution >= 4 is 0 Å². The summed E-state index contributed by atoms with van der Waals surface area (Å²) in [6.07, 6.45) is 7.65. The third-order valence-corrected chi connectivity index (χ3v) is 4.13. The predicted molar refractivity (Wildman–Crippen MR) is 56.1 cm³/mol. The molecule has 1 N–H and O–H groups in total. The zero-order chi connectivity index (χ0) is 10.1. The van der Waals surface area contributed by atoms with Gasteiger partial charge in [-0.3, -0.25) is 0 Å². The molecule has 1 saturated heterocycles. The Hall–Kier alpha value is -0.0800. The molecule has 0 bridgehead atoms. The Balaban J connectivity index is 1.99. The second kappa shape index (κ2) is 3.82. The summed E-state index contributed by atoms with van der Waals surface area (Å²) in [6.45, 7) is 4.31. The molecule has 0 aromatic rings. The summed E-state index contributed by atoms with van der Waals surface area (Å²) in [4.78, 5) is 0. The zero-order valence-corrected chi connectivity index (χ0v) is 9.22. The lowest BCUT2D eigenvalue weighted by molar-refractivity contribution is 0.0503. The maximum atomic E-state index is 9.51. The molecule has 1 unspecified atom stereocenters. The van der Waals surface area contributed by atoms with Crippen molar-refractivity contribution in [1.29, 1.82) is 0 Å². The van der Waals surface area contributed by atoms with E-state index in [-0.39, 0.29) is 5.41 Å². The van der Waals surface area contributed by atoms with Gasteiger partial charge in [0.1, 0.15) is 0 Å². The van der Waals surface area contributed by atoms with Crippen LogP contribution in [0.5, 0.6) is 0 Å². The molecule has 0 radical (unpaired) electrons. The van der Waals surface area contributed by atoms with E-state index >= 15 is 0 Å². The molecule has 1 saturated carbocycles. The monoisotopic (exact) mass is 198 g/mol. The summed E-state index contributed by atoms with van der Waals surface area (Å²) in [5.41, 5.74) is 0.579. The van der Waals surface area contributed by atoms with Crippen LogP contribution in [0.2, 0.25) is 0 Å². The number of hydrogen-bond acceptors (Lipinski definition) is 2. The largest absolute Gasteiger partial charge is 0.396 e. The van der Waals surface area contributed by atoms with Crippen molar-refractivity contribution in [1.82, 2.24) is 0 Å². The third-order valence-electron chi connectivity index (χ3n) is 4.13. The summed E-state index contributed by atoms with van der Waals surface area (Å²) in [5, 5.41) is 9.51. The van der Waals surface area contributed by atoms with E-state index in [0.717, 1.165) is 26.1 Å². The van der Waals surface area contributed by atoms with Crippen molar-refractivity contribution in [2.24, 2.45) is 10.8 Å². The first-order valence-corrected chi connectivity index (χ1v) is 5.87. The Morgan fingerprint density at radius 1 is 1.21 bits per heavy atom. The van der Waals surface area contributed by atoms with Crippen LogP contribution < -0.4 is 0 Å². The van der Waals surface area contributed by atoms with Crippen molar-refractivity contribution in [3.63, 3.8) is 0 Å². The highest BCUT2D eigenvalue weighted by atomic mass is 16.5. The van der Waals surface area contributed by atoms with Crippen LogP contribution in [0.15, 0.2) is 0 Å². The second-order valence-electron chi connectivity index (χ2n) is 5.66. The fourth-order valence-corrected chi connectivity index (χ4v) is 3.28. The van der Waals surface area contributed by atoms with Crippen LogP contribution in [0.1, 0.15) is 45.4 Å². The summed E-state index contributed by atoms with van der Waals surface area (Å²) in [5.74, 6) is 0. The molecule has 14 heavy (non-hydrogen) atoms. The van der Waals surface area contributed by atoms with Gasteiger partial charge in [0, 0.05) is 12.0 Å². The van der Waals surface area contributed by atoms with E-state index in [9.17, 15) is 5.11 Å². The molecule has 0 spiro atoms. The molecule has 1 heterocycles. The van der Waals surface area contributed by atoms with Gasteiger partial charge in [0.05, 0.1) is 13.2 Å². The van der Waals surface area contributed by atoms with Gasteiger partial charge < -0.3 is 9.84 Å². The van der Waals surface area contributed by atoms with Gasteiger partial charge in [0.2, 0.25) is 0 Å². The average molecular weight is 198 g/mol. The molecule has 82 valence electrons. The number of rotatable bonds is 3. The van der Waals surface area contributed by atoms with Crippen molar-refractivity contribution in [3.05, 3.63) is 0 Å². The Labute approximate surface area is 86.6 Å². The lowest BCUT2D eigenvalue weighted by Gasteiger charge is -2.34. The molecule has 2 aliphatic rings. The first-order chi connectivity index (χ1) is 6.68. The van der Waals surface area contributed by atoms with Gasteiger partial charge in [-0.15, -0.1) is 0 Å². The highest BCUT2D eigenvalue weighted by molar-refractivity contribution is 4.92. The molecule has 0 amide bonds. The van der Waals surface area contributed by atoms with Crippen molar-refractivity contribution in [2.45, 2.75) is 45.4 Å². The quantitative estimate of drug-likeness (QED) is 0.754. The molecular weight excluding hydrogens is 176 g/mol. The number of hydrogen-bond donors (Lipinski definition) is 1. The van der Waals surface area contributed by atoms with Gasteiger partial charge in [-0.2, -0.15) is 0 Å². The van der Waals surface area contributed by atoms with Crippen LogP contribution in [0.25, 0.3) is 0 Å². The van der Waals surface area contributed by atoms with E-state index in [1.807, 2.05) is 0 Å². The van der Waals surface area contributed by atoms with Gasteiger partial charge in [0.15, 0.2) is 0 Å². The van der Waals surface area contributed by atoms with E-state index in [1.54, 1.807) is 0 Å². The molecule has 1 aliphatic carbocycles. The van der Waals surface area contributed by atoms with Gasteiger partial charge in [0.25, 0.3) is 0 Å². The third kappa shape index (κ3) is 1.96. The zero-order valence-electron chi connectivity index (χ0n) is 9.22. The average Bonchev–Trinajstić information content (AvgIpc) is 2.76. The van der Waals surface area contributed by atoms with Crippen LogP contribution in [-0.4, -0.2) is 24.9 Å². The Bertz CT molecular complexity index is 188. The standard InChI is InChI=1S/C12H22O2/c1-11(4-2-3-5-11)8-12(9-13)6-7-14-10-12/h13H,2-10H2,1H3. The van der Waals surface area contributed by atoms with Gasteiger partial charge in [-0.05, 0) is 31.1 Å². The lowest BCUT2D eigenvalue weighted by Crippen LogP contribution is -2.32. The van der Waals surface area contributed by atoms with Gasteiger partial charge in [-0.1, -0.05) is 19.8 Å². The fraction of sp³-hybridized carbons (Fsp3) is 1.00. The first-order valence-electron chi connectivity index (χ1n) is 5.87. The summed E-state index contributed by atoms with van der Waals surface area (Å²) in [6, 6.07) is 0. The minimum atomic E-state index is 0.0963. The summed E-state index contributed by atoms with van der Waals surface area (Å²) >= 11 is 0. The Morgan fingerprint density at radius 2 is 1.93 bits per heavy atom. The molecule has 1 aliphatic heterocycles.